The second-order valence-corrected chi connectivity index (χ2v) is 9.21. The van der Waals surface area contributed by atoms with E-state index in [0.29, 0.717) is 0 Å². The minimum atomic E-state index is -3.61. The van der Waals surface area contributed by atoms with Gasteiger partial charge in [0.1, 0.15) is 4.90 Å². The molecule has 0 aliphatic carbocycles. The van der Waals surface area contributed by atoms with E-state index in [-0.39, 0.29) is 16.5 Å². The summed E-state index contributed by atoms with van der Waals surface area (Å²) in [6.07, 6.45) is 0. The molecule has 2 rings (SSSR count). The topological polar surface area (TPSA) is 46.2 Å². The van der Waals surface area contributed by atoms with Gasteiger partial charge in [0.25, 0.3) is 0 Å². The standard InChI is InChI=1S/C11H8Br2ClNO2S2/c12-7-1-3-10(9(14)5-7)19(16,17)15-6-8-2-4-11(13)18-8/h1-5,15H,6H2. The first kappa shape index (κ1) is 15.5. The van der Waals surface area contributed by atoms with Crippen LogP contribution in [0.2, 0.25) is 5.02 Å². The van der Waals surface area contributed by atoms with Crippen LogP contribution in [-0.4, -0.2) is 8.42 Å². The first-order valence-electron chi connectivity index (χ1n) is 5.07. The average Bonchev–Trinajstić information content (AvgIpc) is 2.72. The fourth-order valence-electron chi connectivity index (χ4n) is 1.38. The summed E-state index contributed by atoms with van der Waals surface area (Å²) in [5.74, 6) is 0. The monoisotopic (exact) mass is 443 g/mol. The maximum atomic E-state index is 12.1. The largest absolute Gasteiger partial charge is 0.242 e. The molecule has 0 saturated heterocycles. The molecule has 0 fully saturated rings. The zero-order chi connectivity index (χ0) is 14.0. The highest BCUT2D eigenvalue weighted by molar-refractivity contribution is 9.11. The molecule has 0 bridgehead atoms. The number of hydrogen-bond donors (Lipinski definition) is 1. The lowest BCUT2D eigenvalue weighted by Crippen LogP contribution is -2.23. The van der Waals surface area contributed by atoms with Gasteiger partial charge in [-0.2, -0.15) is 0 Å². The molecule has 0 spiro atoms. The quantitative estimate of drug-likeness (QED) is 0.758. The number of benzene rings is 1. The van der Waals surface area contributed by atoms with Crippen molar-refractivity contribution in [2.45, 2.75) is 11.4 Å². The zero-order valence-electron chi connectivity index (χ0n) is 9.36. The maximum Gasteiger partial charge on any atom is 0.242 e. The van der Waals surface area contributed by atoms with Crippen molar-refractivity contribution >= 4 is 64.8 Å². The van der Waals surface area contributed by atoms with Crippen LogP contribution in [0.15, 0.2) is 43.5 Å². The Bertz CT molecular complexity index is 700. The molecule has 0 saturated carbocycles. The molecule has 0 radical (unpaired) electrons. The van der Waals surface area contributed by atoms with E-state index in [1.165, 1.54) is 17.4 Å². The van der Waals surface area contributed by atoms with E-state index in [1.54, 1.807) is 12.1 Å². The molecule has 0 unspecified atom stereocenters. The highest BCUT2D eigenvalue weighted by Crippen LogP contribution is 2.26. The molecule has 19 heavy (non-hydrogen) atoms. The van der Waals surface area contributed by atoms with Crippen LogP contribution < -0.4 is 4.72 Å². The zero-order valence-corrected chi connectivity index (χ0v) is 14.9. The van der Waals surface area contributed by atoms with Crippen LogP contribution in [0.3, 0.4) is 0 Å². The van der Waals surface area contributed by atoms with Crippen molar-refractivity contribution < 1.29 is 8.42 Å². The minimum absolute atomic E-state index is 0.0768. The maximum absolute atomic E-state index is 12.1. The summed E-state index contributed by atoms with van der Waals surface area (Å²) < 4.78 is 28.5. The summed E-state index contributed by atoms with van der Waals surface area (Å²) >= 11 is 14.0. The van der Waals surface area contributed by atoms with Gasteiger partial charge in [-0.15, -0.1) is 11.3 Å². The third-order valence-corrected chi connectivity index (χ3v) is 6.25. The summed E-state index contributed by atoms with van der Waals surface area (Å²) in [4.78, 5) is 0.997. The highest BCUT2D eigenvalue weighted by Gasteiger charge is 2.17. The molecule has 0 aliphatic heterocycles. The van der Waals surface area contributed by atoms with E-state index in [1.807, 2.05) is 12.1 Å². The fourth-order valence-corrected chi connectivity index (χ4v) is 4.94. The van der Waals surface area contributed by atoms with Gasteiger partial charge in [-0.05, 0) is 46.3 Å². The Hall–Kier alpha value is 0.0800. The van der Waals surface area contributed by atoms with Gasteiger partial charge in [-0.3, -0.25) is 0 Å². The van der Waals surface area contributed by atoms with Crippen molar-refractivity contribution in [2.24, 2.45) is 0 Å². The van der Waals surface area contributed by atoms with E-state index in [2.05, 4.69) is 36.6 Å². The van der Waals surface area contributed by atoms with Gasteiger partial charge in [-0.25, -0.2) is 13.1 Å². The molecule has 2 aromatic rings. The first-order valence-corrected chi connectivity index (χ1v) is 9.34. The second-order valence-electron chi connectivity index (χ2n) is 3.61. The lowest BCUT2D eigenvalue weighted by Gasteiger charge is -2.07. The van der Waals surface area contributed by atoms with Gasteiger partial charge in [0, 0.05) is 15.9 Å². The Kier molecular flexibility index (Phi) is 5.08. The summed E-state index contributed by atoms with van der Waals surface area (Å²) in [7, 11) is -3.61. The Morgan fingerprint density at radius 1 is 1.21 bits per heavy atom. The van der Waals surface area contributed by atoms with Gasteiger partial charge in [-0.1, -0.05) is 27.5 Å². The van der Waals surface area contributed by atoms with E-state index in [0.717, 1.165) is 13.1 Å². The van der Waals surface area contributed by atoms with Gasteiger partial charge < -0.3 is 0 Å². The number of nitrogens with one attached hydrogen (secondary N) is 1. The van der Waals surface area contributed by atoms with E-state index < -0.39 is 10.0 Å². The van der Waals surface area contributed by atoms with Crippen molar-refractivity contribution in [1.29, 1.82) is 0 Å². The van der Waals surface area contributed by atoms with Crippen LogP contribution in [0.1, 0.15) is 4.88 Å². The molecule has 0 atom stereocenters. The molecule has 3 nitrogen and oxygen atoms in total. The van der Waals surface area contributed by atoms with Gasteiger partial charge in [0.2, 0.25) is 10.0 Å². The fraction of sp³-hybridized carbons (Fsp3) is 0.0909. The molecule has 1 aromatic carbocycles. The SMILES string of the molecule is O=S(=O)(NCc1ccc(Br)s1)c1ccc(Br)cc1Cl. The van der Waals surface area contributed by atoms with Crippen LogP contribution in [0, 0.1) is 0 Å². The summed E-state index contributed by atoms with van der Waals surface area (Å²) in [5.41, 5.74) is 0. The summed E-state index contributed by atoms with van der Waals surface area (Å²) in [6, 6.07) is 8.40. The Morgan fingerprint density at radius 3 is 2.53 bits per heavy atom. The van der Waals surface area contributed by atoms with Crippen LogP contribution in [0.4, 0.5) is 0 Å². The van der Waals surface area contributed by atoms with Crippen molar-refractivity contribution in [2.75, 3.05) is 0 Å². The van der Waals surface area contributed by atoms with Crippen molar-refractivity contribution in [3.05, 3.63) is 48.5 Å². The van der Waals surface area contributed by atoms with Gasteiger partial charge >= 0.3 is 0 Å². The number of halogens is 3. The molecular weight excluding hydrogens is 438 g/mol. The van der Waals surface area contributed by atoms with Crippen molar-refractivity contribution in [3.63, 3.8) is 0 Å². The smallest absolute Gasteiger partial charge is 0.207 e. The predicted octanol–water partition coefficient (Wildman–Crippen LogP) is 4.41. The molecule has 0 aliphatic rings. The third kappa shape index (κ3) is 4.03. The first-order chi connectivity index (χ1) is 8.88. The molecule has 1 aromatic heterocycles. The lowest BCUT2D eigenvalue weighted by molar-refractivity contribution is 0.582. The van der Waals surface area contributed by atoms with Crippen LogP contribution >= 0.6 is 54.8 Å². The van der Waals surface area contributed by atoms with E-state index >= 15 is 0 Å². The Labute approximate surface area is 137 Å². The second kappa shape index (κ2) is 6.24. The normalized spacial score (nSPS) is 11.7. The molecule has 0 amide bonds. The van der Waals surface area contributed by atoms with Crippen LogP contribution in [-0.2, 0) is 16.6 Å². The molecule has 1 N–H and O–H groups in total. The van der Waals surface area contributed by atoms with Crippen molar-refractivity contribution in [1.82, 2.24) is 4.72 Å². The average molecular weight is 446 g/mol. The Morgan fingerprint density at radius 2 is 1.95 bits per heavy atom. The molecule has 8 heteroatoms. The number of thiophene rings is 1. The van der Waals surface area contributed by atoms with Crippen LogP contribution in [0.25, 0.3) is 0 Å². The number of hydrogen-bond acceptors (Lipinski definition) is 3. The van der Waals surface area contributed by atoms with E-state index in [4.69, 9.17) is 11.6 Å². The Balaban J connectivity index is 2.18. The van der Waals surface area contributed by atoms with Gasteiger partial charge in [0.05, 0.1) is 8.81 Å². The molecular formula is C11H8Br2ClNO2S2. The van der Waals surface area contributed by atoms with Gasteiger partial charge in [0.15, 0.2) is 0 Å². The van der Waals surface area contributed by atoms with Crippen LogP contribution in [0.5, 0.6) is 0 Å². The summed E-state index contributed by atoms with van der Waals surface area (Å²) in [5, 5.41) is 0.189. The van der Waals surface area contributed by atoms with E-state index in [9.17, 15) is 8.42 Å². The number of sulfonamides is 1. The number of rotatable bonds is 4. The minimum Gasteiger partial charge on any atom is -0.207 e. The molecule has 102 valence electrons. The predicted molar refractivity (Wildman–Crippen MR) is 85.2 cm³/mol. The summed E-state index contributed by atoms with van der Waals surface area (Å²) in [6.45, 7) is 0.241. The van der Waals surface area contributed by atoms with Crippen molar-refractivity contribution in [3.8, 4) is 0 Å². The third-order valence-electron chi connectivity index (χ3n) is 2.25. The lowest BCUT2D eigenvalue weighted by atomic mass is 10.4. The highest BCUT2D eigenvalue weighted by atomic mass is 79.9. The molecule has 1 heterocycles.